The van der Waals surface area contributed by atoms with Crippen LogP contribution in [0.4, 0.5) is 11.4 Å². The SMILES string of the molecule is CCCc1cc(C2=CCN(S(C)(=O)=O)CC2)c(C)cc1N(N)c1cccc(C(=O)NC2CCOC2)c1. The standard InChI is InChI=1S/C27H36N4O4S/c1-4-6-21-17-25(20-9-12-30(13-10-20)36(3,33)34)19(2)15-26(21)31(28)24-8-5-7-22(16-24)27(32)29-23-11-14-35-18-23/h5,7-9,15-17,23H,4,6,10-14,18,28H2,1-3H3,(H,29,32). The number of anilines is 2. The second-order valence-electron chi connectivity index (χ2n) is 9.60. The molecule has 2 aromatic carbocycles. The second kappa shape index (κ2) is 11.1. The van der Waals surface area contributed by atoms with Gasteiger partial charge in [0.2, 0.25) is 10.0 Å². The molecule has 194 valence electrons. The van der Waals surface area contributed by atoms with Gasteiger partial charge in [0.15, 0.2) is 0 Å². The predicted molar refractivity (Wildman–Crippen MR) is 144 cm³/mol. The number of nitrogens with two attached hydrogens (primary N) is 1. The summed E-state index contributed by atoms with van der Waals surface area (Å²) < 4.78 is 30.6. The van der Waals surface area contributed by atoms with Gasteiger partial charge >= 0.3 is 0 Å². The van der Waals surface area contributed by atoms with Crippen LogP contribution >= 0.6 is 0 Å². The molecule has 0 aliphatic carbocycles. The fraction of sp³-hybridized carbons (Fsp3) is 0.444. The van der Waals surface area contributed by atoms with Crippen molar-refractivity contribution in [2.45, 2.75) is 45.6 Å². The molecule has 8 nitrogen and oxygen atoms in total. The maximum absolute atomic E-state index is 12.8. The largest absolute Gasteiger partial charge is 0.379 e. The van der Waals surface area contributed by atoms with Crippen molar-refractivity contribution in [3.63, 3.8) is 0 Å². The van der Waals surface area contributed by atoms with Gasteiger partial charge in [-0.2, -0.15) is 4.31 Å². The molecule has 1 unspecified atom stereocenters. The van der Waals surface area contributed by atoms with E-state index in [9.17, 15) is 13.2 Å². The van der Waals surface area contributed by atoms with E-state index in [0.29, 0.717) is 38.3 Å². The highest BCUT2D eigenvalue weighted by Crippen LogP contribution is 2.34. The van der Waals surface area contributed by atoms with Crippen molar-refractivity contribution < 1.29 is 17.9 Å². The number of aryl methyl sites for hydroxylation is 2. The molecule has 4 rings (SSSR count). The lowest BCUT2D eigenvalue weighted by molar-refractivity contribution is 0.0930. The highest BCUT2D eigenvalue weighted by molar-refractivity contribution is 7.88. The molecule has 0 spiro atoms. The minimum atomic E-state index is -3.19. The second-order valence-corrected chi connectivity index (χ2v) is 11.6. The van der Waals surface area contributed by atoms with E-state index in [1.807, 2.05) is 24.3 Å². The Hall–Kier alpha value is -2.72. The summed E-state index contributed by atoms with van der Waals surface area (Å²) in [7, 11) is -3.19. The highest BCUT2D eigenvalue weighted by Gasteiger charge is 2.23. The molecule has 0 aromatic heterocycles. The van der Waals surface area contributed by atoms with Crippen LogP contribution in [-0.4, -0.2) is 57.2 Å². The number of amides is 1. The van der Waals surface area contributed by atoms with Crippen molar-refractivity contribution in [1.82, 2.24) is 9.62 Å². The number of benzene rings is 2. The summed E-state index contributed by atoms with van der Waals surface area (Å²) >= 11 is 0. The Morgan fingerprint density at radius 2 is 2.08 bits per heavy atom. The number of hydrazine groups is 1. The van der Waals surface area contributed by atoms with Crippen molar-refractivity contribution in [2.75, 3.05) is 37.6 Å². The summed E-state index contributed by atoms with van der Waals surface area (Å²) in [6.07, 6.45) is 6.57. The minimum Gasteiger partial charge on any atom is -0.379 e. The topological polar surface area (TPSA) is 105 Å². The molecule has 1 saturated heterocycles. The van der Waals surface area contributed by atoms with E-state index in [4.69, 9.17) is 10.6 Å². The molecule has 2 aromatic rings. The van der Waals surface area contributed by atoms with Crippen molar-refractivity contribution in [3.05, 3.63) is 64.7 Å². The van der Waals surface area contributed by atoms with Gasteiger partial charge in [-0.15, -0.1) is 0 Å². The van der Waals surface area contributed by atoms with Gasteiger partial charge in [0, 0.05) is 25.3 Å². The molecule has 0 bridgehead atoms. The van der Waals surface area contributed by atoms with Crippen molar-refractivity contribution in [3.8, 4) is 0 Å². The molecule has 1 amide bonds. The van der Waals surface area contributed by atoms with Crippen LogP contribution in [0.25, 0.3) is 5.57 Å². The van der Waals surface area contributed by atoms with E-state index >= 15 is 0 Å². The van der Waals surface area contributed by atoms with Gasteiger partial charge in [-0.25, -0.2) is 14.3 Å². The lowest BCUT2D eigenvalue weighted by Crippen LogP contribution is -2.35. The summed E-state index contributed by atoms with van der Waals surface area (Å²) in [6.45, 7) is 6.28. The summed E-state index contributed by atoms with van der Waals surface area (Å²) in [4.78, 5) is 12.8. The molecule has 2 aliphatic rings. The smallest absolute Gasteiger partial charge is 0.251 e. The molecule has 1 fully saturated rings. The average Bonchev–Trinajstić information content (AvgIpc) is 3.37. The Kier molecular flexibility index (Phi) is 8.14. The molecular weight excluding hydrogens is 476 g/mol. The number of sulfonamides is 1. The molecule has 3 N–H and O–H groups in total. The highest BCUT2D eigenvalue weighted by atomic mass is 32.2. The Balaban J connectivity index is 1.60. The zero-order valence-corrected chi connectivity index (χ0v) is 22.1. The maximum atomic E-state index is 12.8. The Morgan fingerprint density at radius 1 is 1.28 bits per heavy atom. The zero-order valence-electron chi connectivity index (χ0n) is 21.3. The Labute approximate surface area is 214 Å². The van der Waals surface area contributed by atoms with Crippen molar-refractivity contribution in [2.24, 2.45) is 5.84 Å². The van der Waals surface area contributed by atoms with E-state index < -0.39 is 10.0 Å². The van der Waals surface area contributed by atoms with Crippen LogP contribution in [0, 0.1) is 6.92 Å². The van der Waals surface area contributed by atoms with Crippen LogP contribution in [0.5, 0.6) is 0 Å². The predicted octanol–water partition coefficient (Wildman–Crippen LogP) is 3.53. The molecule has 0 saturated carbocycles. The lowest BCUT2D eigenvalue weighted by atomic mass is 9.92. The molecule has 1 atom stereocenters. The zero-order chi connectivity index (χ0) is 25.9. The van der Waals surface area contributed by atoms with Crippen molar-refractivity contribution >= 4 is 32.9 Å². The van der Waals surface area contributed by atoms with E-state index in [1.165, 1.54) is 10.6 Å². The van der Waals surface area contributed by atoms with Crippen LogP contribution in [0.15, 0.2) is 42.5 Å². The molecule has 0 radical (unpaired) electrons. The minimum absolute atomic E-state index is 0.0418. The van der Waals surface area contributed by atoms with E-state index in [-0.39, 0.29) is 11.9 Å². The molecule has 2 aliphatic heterocycles. The van der Waals surface area contributed by atoms with Gasteiger partial charge in [-0.3, -0.25) is 9.80 Å². The van der Waals surface area contributed by atoms with Gasteiger partial charge < -0.3 is 10.1 Å². The molecule has 36 heavy (non-hydrogen) atoms. The quantitative estimate of drug-likeness (QED) is 0.414. The fourth-order valence-corrected chi connectivity index (χ4v) is 5.60. The molecule has 9 heteroatoms. The number of carbonyl (C=O) groups excluding carboxylic acids is 1. The number of carbonyl (C=O) groups is 1. The van der Waals surface area contributed by atoms with E-state index in [0.717, 1.165) is 52.9 Å². The van der Waals surface area contributed by atoms with Gasteiger partial charge in [0.25, 0.3) is 5.91 Å². The lowest BCUT2D eigenvalue weighted by Gasteiger charge is -2.27. The number of rotatable bonds is 8. The van der Waals surface area contributed by atoms with Gasteiger partial charge in [-0.05, 0) is 78.8 Å². The Morgan fingerprint density at radius 3 is 2.72 bits per heavy atom. The molecular formula is C27H36N4O4S. The number of hydrogen-bond acceptors (Lipinski definition) is 6. The van der Waals surface area contributed by atoms with Crippen LogP contribution in [0.1, 0.15) is 53.2 Å². The summed E-state index contributed by atoms with van der Waals surface area (Å²) in [5.74, 6) is 6.51. The van der Waals surface area contributed by atoms with Crippen LogP contribution in [0.3, 0.4) is 0 Å². The van der Waals surface area contributed by atoms with Gasteiger partial charge in [-0.1, -0.05) is 25.5 Å². The first-order chi connectivity index (χ1) is 17.2. The monoisotopic (exact) mass is 512 g/mol. The third-order valence-corrected chi connectivity index (χ3v) is 8.11. The third kappa shape index (κ3) is 5.98. The number of nitrogens with one attached hydrogen (secondary N) is 1. The first-order valence-electron chi connectivity index (χ1n) is 12.5. The van der Waals surface area contributed by atoms with E-state index in [1.54, 1.807) is 11.1 Å². The average molecular weight is 513 g/mol. The molecule has 2 heterocycles. The first-order valence-corrected chi connectivity index (χ1v) is 14.3. The summed E-state index contributed by atoms with van der Waals surface area (Å²) in [5, 5.41) is 4.68. The van der Waals surface area contributed by atoms with Crippen molar-refractivity contribution in [1.29, 1.82) is 0 Å². The normalized spacial score (nSPS) is 18.7. The van der Waals surface area contributed by atoms with Crippen LogP contribution in [-0.2, 0) is 21.2 Å². The Bertz CT molecular complexity index is 1250. The summed E-state index contributed by atoms with van der Waals surface area (Å²) in [6, 6.07) is 11.7. The van der Waals surface area contributed by atoms with Gasteiger partial charge in [0.05, 0.1) is 30.3 Å². The van der Waals surface area contributed by atoms with Gasteiger partial charge in [0.1, 0.15) is 0 Å². The van der Waals surface area contributed by atoms with Crippen LogP contribution in [0.2, 0.25) is 0 Å². The third-order valence-electron chi connectivity index (χ3n) is 6.84. The maximum Gasteiger partial charge on any atom is 0.251 e. The summed E-state index contributed by atoms with van der Waals surface area (Å²) in [5.41, 5.74) is 6.68. The van der Waals surface area contributed by atoms with E-state index in [2.05, 4.69) is 31.3 Å². The number of hydrogen-bond donors (Lipinski definition) is 2. The fourth-order valence-electron chi connectivity index (χ4n) is 4.83. The van der Waals surface area contributed by atoms with Crippen LogP contribution < -0.4 is 16.2 Å². The number of nitrogens with zero attached hydrogens (tertiary/aromatic N) is 2. The first kappa shape index (κ1) is 26.3. The number of ether oxygens (including phenoxy) is 1.